The number of benzene rings is 1. The Kier molecular flexibility index (Phi) is 4.63. The molecule has 2 nitrogen and oxygen atoms in total. The lowest BCUT2D eigenvalue weighted by Gasteiger charge is -2.02. The lowest BCUT2D eigenvalue weighted by Crippen LogP contribution is -2.23. The van der Waals surface area contributed by atoms with Crippen LogP contribution >= 0.6 is 11.6 Å². The molecule has 1 aromatic carbocycles. The predicted octanol–water partition coefficient (Wildman–Crippen LogP) is 2.06. The van der Waals surface area contributed by atoms with Crippen molar-refractivity contribution < 1.29 is 4.79 Å². The quantitative estimate of drug-likeness (QED) is 0.808. The number of hydrogen-bond donors (Lipinski definition) is 1. The molecular weight excluding hydrogens is 198 g/mol. The Labute approximate surface area is 89.3 Å². The maximum Gasteiger partial charge on any atom is 0.150 e. The highest BCUT2D eigenvalue weighted by Crippen LogP contribution is 2.10. The van der Waals surface area contributed by atoms with Crippen molar-refractivity contribution in [3.8, 4) is 0 Å². The minimum Gasteiger partial charge on any atom is -0.310 e. The van der Waals surface area contributed by atoms with E-state index in [1.807, 2.05) is 25.1 Å². The summed E-state index contributed by atoms with van der Waals surface area (Å²) in [5, 5.41) is 3.68. The van der Waals surface area contributed by atoms with Crippen molar-refractivity contribution in [3.05, 3.63) is 34.9 Å². The summed E-state index contributed by atoms with van der Waals surface area (Å²) in [4.78, 5) is 11.4. The lowest BCUT2D eigenvalue weighted by atomic mass is 10.1. The van der Waals surface area contributed by atoms with Gasteiger partial charge in [0.05, 0.1) is 6.54 Å². The van der Waals surface area contributed by atoms with E-state index in [0.29, 0.717) is 18.0 Å². The second-order valence-corrected chi connectivity index (χ2v) is 3.56. The van der Waals surface area contributed by atoms with Crippen LogP contribution in [0.3, 0.4) is 0 Å². The molecule has 76 valence electrons. The van der Waals surface area contributed by atoms with E-state index in [-0.39, 0.29) is 5.78 Å². The van der Waals surface area contributed by atoms with E-state index in [1.54, 1.807) is 6.07 Å². The number of hydrogen-bond acceptors (Lipinski definition) is 2. The van der Waals surface area contributed by atoms with E-state index >= 15 is 0 Å². The van der Waals surface area contributed by atoms with Crippen LogP contribution in [0.5, 0.6) is 0 Å². The molecule has 0 spiro atoms. The van der Waals surface area contributed by atoms with Crippen molar-refractivity contribution in [1.82, 2.24) is 5.32 Å². The van der Waals surface area contributed by atoms with Gasteiger partial charge >= 0.3 is 0 Å². The van der Waals surface area contributed by atoms with E-state index in [2.05, 4.69) is 5.32 Å². The Bertz CT molecular complexity index is 312. The summed E-state index contributed by atoms with van der Waals surface area (Å²) in [6, 6.07) is 7.40. The molecule has 0 fully saturated rings. The van der Waals surface area contributed by atoms with Crippen LogP contribution in [0.25, 0.3) is 0 Å². The lowest BCUT2D eigenvalue weighted by molar-refractivity contribution is -0.117. The summed E-state index contributed by atoms with van der Waals surface area (Å²) in [5.74, 6) is 0.189. The van der Waals surface area contributed by atoms with Crippen molar-refractivity contribution in [1.29, 1.82) is 0 Å². The Hall–Kier alpha value is -0.860. The highest BCUT2D eigenvalue weighted by molar-refractivity contribution is 6.30. The number of carbonyl (C=O) groups is 1. The zero-order valence-corrected chi connectivity index (χ0v) is 8.97. The average molecular weight is 212 g/mol. The Morgan fingerprint density at radius 2 is 2.29 bits per heavy atom. The van der Waals surface area contributed by atoms with E-state index in [9.17, 15) is 4.79 Å². The molecule has 0 heterocycles. The van der Waals surface area contributed by atoms with Gasteiger partial charge in [-0.15, -0.1) is 0 Å². The van der Waals surface area contributed by atoms with Crippen LogP contribution in [0, 0.1) is 0 Å². The monoisotopic (exact) mass is 211 g/mol. The molecule has 0 saturated carbocycles. The number of ketones is 1. The maximum absolute atomic E-state index is 11.4. The number of nitrogens with one attached hydrogen (secondary N) is 1. The molecule has 0 bridgehead atoms. The molecule has 0 radical (unpaired) electrons. The van der Waals surface area contributed by atoms with Crippen LogP contribution in [0.1, 0.15) is 12.5 Å². The van der Waals surface area contributed by atoms with Crippen LogP contribution in [-0.4, -0.2) is 18.9 Å². The molecule has 1 aromatic rings. The maximum atomic E-state index is 11.4. The van der Waals surface area contributed by atoms with Gasteiger partial charge in [-0.2, -0.15) is 0 Å². The SMILES string of the molecule is CCNCC(=O)Cc1cccc(Cl)c1. The highest BCUT2D eigenvalue weighted by atomic mass is 35.5. The van der Waals surface area contributed by atoms with E-state index < -0.39 is 0 Å². The second kappa shape index (κ2) is 5.78. The first-order chi connectivity index (χ1) is 6.72. The third-order valence-corrected chi connectivity index (χ3v) is 2.10. The van der Waals surface area contributed by atoms with Gasteiger partial charge in [0.25, 0.3) is 0 Å². The third-order valence-electron chi connectivity index (χ3n) is 1.86. The summed E-state index contributed by atoms with van der Waals surface area (Å²) in [6.45, 7) is 3.23. The summed E-state index contributed by atoms with van der Waals surface area (Å²) in [7, 11) is 0. The molecule has 1 rings (SSSR count). The molecule has 3 heteroatoms. The van der Waals surface area contributed by atoms with Gasteiger partial charge in [-0.1, -0.05) is 30.7 Å². The molecule has 0 atom stereocenters. The summed E-state index contributed by atoms with van der Waals surface area (Å²) in [5.41, 5.74) is 0.973. The van der Waals surface area contributed by atoms with E-state index in [0.717, 1.165) is 12.1 Å². The van der Waals surface area contributed by atoms with Gasteiger partial charge in [0, 0.05) is 11.4 Å². The molecule has 1 N–H and O–H groups in total. The first kappa shape index (κ1) is 11.2. The molecule has 0 aliphatic heterocycles. The Morgan fingerprint density at radius 1 is 1.50 bits per heavy atom. The minimum absolute atomic E-state index is 0.189. The number of carbonyl (C=O) groups excluding carboxylic acids is 1. The van der Waals surface area contributed by atoms with Crippen LogP contribution in [0.2, 0.25) is 5.02 Å². The van der Waals surface area contributed by atoms with Crippen molar-refractivity contribution in [2.24, 2.45) is 0 Å². The van der Waals surface area contributed by atoms with Crippen LogP contribution in [0.4, 0.5) is 0 Å². The molecule has 0 unspecified atom stereocenters. The molecule has 0 aromatic heterocycles. The smallest absolute Gasteiger partial charge is 0.150 e. The molecule has 0 aliphatic rings. The van der Waals surface area contributed by atoms with Crippen molar-refractivity contribution in [3.63, 3.8) is 0 Å². The zero-order chi connectivity index (χ0) is 10.4. The highest BCUT2D eigenvalue weighted by Gasteiger charge is 2.02. The fraction of sp³-hybridized carbons (Fsp3) is 0.364. The first-order valence-corrected chi connectivity index (χ1v) is 5.07. The minimum atomic E-state index is 0.189. The molecular formula is C11H14ClNO. The average Bonchev–Trinajstić information content (AvgIpc) is 2.15. The zero-order valence-electron chi connectivity index (χ0n) is 8.22. The summed E-state index contributed by atoms with van der Waals surface area (Å²) >= 11 is 5.81. The summed E-state index contributed by atoms with van der Waals surface area (Å²) in [6.07, 6.45) is 0.452. The topological polar surface area (TPSA) is 29.1 Å². The Balaban J connectivity index is 2.47. The molecule has 0 aliphatic carbocycles. The molecule has 0 amide bonds. The molecule has 0 saturated heterocycles. The molecule has 14 heavy (non-hydrogen) atoms. The van der Waals surface area contributed by atoms with E-state index in [4.69, 9.17) is 11.6 Å². The van der Waals surface area contributed by atoms with Gasteiger partial charge in [0.15, 0.2) is 5.78 Å². The van der Waals surface area contributed by atoms with Gasteiger partial charge in [0.2, 0.25) is 0 Å². The normalized spacial score (nSPS) is 10.1. The predicted molar refractivity (Wildman–Crippen MR) is 58.7 cm³/mol. The van der Waals surface area contributed by atoms with Gasteiger partial charge in [0.1, 0.15) is 0 Å². The largest absolute Gasteiger partial charge is 0.310 e. The number of Topliss-reactive ketones (excluding diaryl/α,β-unsaturated/α-hetero) is 1. The number of rotatable bonds is 5. The standard InChI is InChI=1S/C11H14ClNO/c1-2-13-8-11(14)7-9-4-3-5-10(12)6-9/h3-6,13H,2,7-8H2,1H3. The van der Waals surface area contributed by atoms with E-state index in [1.165, 1.54) is 0 Å². The van der Waals surface area contributed by atoms with Gasteiger partial charge < -0.3 is 5.32 Å². The first-order valence-electron chi connectivity index (χ1n) is 4.69. The van der Waals surface area contributed by atoms with Crippen molar-refractivity contribution >= 4 is 17.4 Å². The van der Waals surface area contributed by atoms with Gasteiger partial charge in [-0.05, 0) is 24.2 Å². The second-order valence-electron chi connectivity index (χ2n) is 3.13. The number of likely N-dealkylation sites (N-methyl/N-ethyl adjacent to an activating group) is 1. The fourth-order valence-corrected chi connectivity index (χ4v) is 1.41. The summed E-state index contributed by atoms with van der Waals surface area (Å²) < 4.78 is 0. The number of halogens is 1. The van der Waals surface area contributed by atoms with Crippen LogP contribution in [-0.2, 0) is 11.2 Å². The van der Waals surface area contributed by atoms with Gasteiger partial charge in [-0.3, -0.25) is 4.79 Å². The van der Waals surface area contributed by atoms with Crippen LogP contribution in [0.15, 0.2) is 24.3 Å². The van der Waals surface area contributed by atoms with Crippen molar-refractivity contribution in [2.45, 2.75) is 13.3 Å². The fourth-order valence-electron chi connectivity index (χ4n) is 1.20. The van der Waals surface area contributed by atoms with Gasteiger partial charge in [-0.25, -0.2) is 0 Å². The van der Waals surface area contributed by atoms with Crippen molar-refractivity contribution in [2.75, 3.05) is 13.1 Å². The third kappa shape index (κ3) is 3.90. The van der Waals surface area contributed by atoms with Crippen LogP contribution < -0.4 is 5.32 Å². The Morgan fingerprint density at radius 3 is 2.93 bits per heavy atom.